The quantitative estimate of drug-likeness (QED) is 0.598. The van der Waals surface area contributed by atoms with Crippen LogP contribution >= 0.6 is 22.9 Å². The first-order valence-corrected chi connectivity index (χ1v) is 7.01. The van der Waals surface area contributed by atoms with Crippen LogP contribution in [0.5, 0.6) is 0 Å². The van der Waals surface area contributed by atoms with Crippen molar-refractivity contribution < 1.29 is 0 Å². The number of rotatable bonds is 6. The van der Waals surface area contributed by atoms with Crippen molar-refractivity contribution >= 4 is 22.9 Å². The number of aryl methyl sites for hydroxylation is 1. The fraction of sp³-hybridized carbons (Fsp3) is 0.667. The van der Waals surface area contributed by atoms with Crippen LogP contribution in [0.15, 0.2) is 5.38 Å². The molecular weight excluding hydrogens is 240 g/mol. The van der Waals surface area contributed by atoms with Gasteiger partial charge in [0, 0.05) is 4.88 Å². The first-order chi connectivity index (χ1) is 7.56. The van der Waals surface area contributed by atoms with E-state index in [0.29, 0.717) is 0 Å². The minimum absolute atomic E-state index is 0.199. The Morgan fingerprint density at radius 3 is 2.56 bits per heavy atom. The van der Waals surface area contributed by atoms with Gasteiger partial charge in [0.1, 0.15) is 0 Å². The van der Waals surface area contributed by atoms with Crippen molar-refractivity contribution in [3.8, 4) is 0 Å². The van der Waals surface area contributed by atoms with E-state index in [0.717, 1.165) is 22.9 Å². The summed E-state index contributed by atoms with van der Waals surface area (Å²) >= 11 is 7.93. The molecule has 16 heavy (non-hydrogen) atoms. The van der Waals surface area contributed by atoms with Gasteiger partial charge < -0.3 is 0 Å². The van der Waals surface area contributed by atoms with Crippen LogP contribution in [0.3, 0.4) is 0 Å². The number of hydrogen-bond acceptors (Lipinski definition) is 3. The number of hydrazine groups is 1. The topological polar surface area (TPSA) is 38.0 Å². The Bertz CT molecular complexity index is 323. The van der Waals surface area contributed by atoms with Gasteiger partial charge in [0.25, 0.3) is 0 Å². The van der Waals surface area contributed by atoms with E-state index in [4.69, 9.17) is 17.4 Å². The van der Waals surface area contributed by atoms with Crippen LogP contribution in [0.4, 0.5) is 0 Å². The van der Waals surface area contributed by atoms with Gasteiger partial charge in [-0.3, -0.25) is 11.3 Å². The standard InChI is InChI=1S/C12H21ClN2S/c1-8(2)5-4-6-10(15-14)12-11(13)9(3)7-16-12/h7-8,10,15H,4-6,14H2,1-3H3. The van der Waals surface area contributed by atoms with E-state index in [1.165, 1.54) is 17.7 Å². The molecular formula is C12H21ClN2S. The van der Waals surface area contributed by atoms with Crippen molar-refractivity contribution in [2.24, 2.45) is 11.8 Å². The van der Waals surface area contributed by atoms with Crippen LogP contribution < -0.4 is 11.3 Å². The van der Waals surface area contributed by atoms with Crippen LogP contribution in [-0.2, 0) is 0 Å². The smallest absolute Gasteiger partial charge is 0.0590 e. The summed E-state index contributed by atoms with van der Waals surface area (Å²) in [5, 5.41) is 2.96. The van der Waals surface area contributed by atoms with Crippen molar-refractivity contribution in [1.29, 1.82) is 0 Å². The highest BCUT2D eigenvalue weighted by Crippen LogP contribution is 2.34. The van der Waals surface area contributed by atoms with Gasteiger partial charge in [0.2, 0.25) is 0 Å². The van der Waals surface area contributed by atoms with E-state index in [1.54, 1.807) is 11.3 Å². The molecule has 3 N–H and O–H groups in total. The second kappa shape index (κ2) is 6.60. The van der Waals surface area contributed by atoms with Gasteiger partial charge in [-0.25, -0.2) is 0 Å². The zero-order valence-electron chi connectivity index (χ0n) is 10.2. The molecule has 1 heterocycles. The maximum absolute atomic E-state index is 6.24. The Hall–Kier alpha value is -0.0900. The molecule has 0 saturated carbocycles. The van der Waals surface area contributed by atoms with Crippen LogP contribution in [0.1, 0.15) is 49.6 Å². The molecule has 0 aliphatic heterocycles. The van der Waals surface area contributed by atoms with Crippen LogP contribution in [0.2, 0.25) is 5.02 Å². The lowest BCUT2D eigenvalue weighted by atomic mass is 10.0. The zero-order chi connectivity index (χ0) is 12.1. The first-order valence-electron chi connectivity index (χ1n) is 5.75. The van der Waals surface area contributed by atoms with E-state index >= 15 is 0 Å². The summed E-state index contributed by atoms with van der Waals surface area (Å²) in [6.07, 6.45) is 3.47. The lowest BCUT2D eigenvalue weighted by Gasteiger charge is -2.15. The summed E-state index contributed by atoms with van der Waals surface area (Å²) in [6, 6.07) is 0.199. The molecule has 1 atom stereocenters. The molecule has 1 aromatic heterocycles. The predicted octanol–water partition coefficient (Wildman–Crippen LogP) is 4.04. The fourth-order valence-electron chi connectivity index (χ4n) is 1.71. The van der Waals surface area contributed by atoms with Gasteiger partial charge in [-0.15, -0.1) is 11.3 Å². The van der Waals surface area contributed by atoms with E-state index in [-0.39, 0.29) is 6.04 Å². The average molecular weight is 261 g/mol. The van der Waals surface area contributed by atoms with Crippen LogP contribution in [0.25, 0.3) is 0 Å². The molecule has 2 nitrogen and oxygen atoms in total. The lowest BCUT2D eigenvalue weighted by Crippen LogP contribution is -2.27. The van der Waals surface area contributed by atoms with Crippen molar-refractivity contribution in [2.75, 3.05) is 0 Å². The molecule has 0 bridgehead atoms. The highest BCUT2D eigenvalue weighted by atomic mass is 35.5. The van der Waals surface area contributed by atoms with Crippen LogP contribution in [-0.4, -0.2) is 0 Å². The van der Waals surface area contributed by atoms with Gasteiger partial charge in [-0.05, 0) is 30.2 Å². The third-order valence-electron chi connectivity index (χ3n) is 2.72. The molecule has 1 rings (SSSR count). The normalized spacial score (nSPS) is 13.4. The molecule has 0 amide bonds. The van der Waals surface area contributed by atoms with Crippen molar-refractivity contribution in [3.63, 3.8) is 0 Å². The number of hydrogen-bond donors (Lipinski definition) is 2. The summed E-state index contributed by atoms with van der Waals surface area (Å²) in [7, 11) is 0. The highest BCUT2D eigenvalue weighted by molar-refractivity contribution is 7.10. The second-order valence-corrected chi connectivity index (χ2v) is 5.93. The zero-order valence-corrected chi connectivity index (χ0v) is 11.8. The molecule has 0 radical (unpaired) electrons. The van der Waals surface area contributed by atoms with Gasteiger partial charge in [-0.1, -0.05) is 38.3 Å². The van der Waals surface area contributed by atoms with Gasteiger partial charge in [0.05, 0.1) is 11.1 Å². The monoisotopic (exact) mass is 260 g/mol. The number of thiophene rings is 1. The number of nitrogens with two attached hydrogens (primary N) is 1. The molecule has 92 valence electrons. The summed E-state index contributed by atoms with van der Waals surface area (Å²) in [5.74, 6) is 6.35. The average Bonchev–Trinajstić information content (AvgIpc) is 2.55. The molecule has 1 aromatic rings. The largest absolute Gasteiger partial charge is 0.271 e. The minimum atomic E-state index is 0.199. The summed E-state index contributed by atoms with van der Waals surface area (Å²) < 4.78 is 0. The maximum atomic E-state index is 6.24. The Balaban J connectivity index is 2.57. The van der Waals surface area contributed by atoms with E-state index in [1.807, 2.05) is 6.92 Å². The van der Waals surface area contributed by atoms with Crippen molar-refractivity contribution in [1.82, 2.24) is 5.43 Å². The summed E-state index contributed by atoms with van der Waals surface area (Å²) in [5.41, 5.74) is 4.02. The minimum Gasteiger partial charge on any atom is -0.271 e. The first kappa shape index (κ1) is 14.0. The van der Waals surface area contributed by atoms with E-state index < -0.39 is 0 Å². The van der Waals surface area contributed by atoms with Crippen molar-refractivity contribution in [3.05, 3.63) is 20.8 Å². The molecule has 1 unspecified atom stereocenters. The Labute approximate surface area is 107 Å². The molecule has 4 heteroatoms. The third-order valence-corrected chi connectivity index (χ3v) is 4.54. The predicted molar refractivity (Wildman–Crippen MR) is 72.8 cm³/mol. The summed E-state index contributed by atoms with van der Waals surface area (Å²) in [6.45, 7) is 6.52. The number of nitrogens with one attached hydrogen (secondary N) is 1. The van der Waals surface area contributed by atoms with Crippen molar-refractivity contribution in [2.45, 2.75) is 46.1 Å². The highest BCUT2D eigenvalue weighted by Gasteiger charge is 2.16. The Kier molecular flexibility index (Phi) is 5.76. The second-order valence-electron chi connectivity index (χ2n) is 4.64. The van der Waals surface area contributed by atoms with Crippen LogP contribution in [0, 0.1) is 12.8 Å². The lowest BCUT2D eigenvalue weighted by molar-refractivity contribution is 0.459. The summed E-state index contributed by atoms with van der Waals surface area (Å²) in [4.78, 5) is 1.17. The fourth-order valence-corrected chi connectivity index (χ4v) is 3.13. The molecule has 0 saturated heterocycles. The number of halogens is 1. The molecule has 0 aliphatic carbocycles. The third kappa shape index (κ3) is 3.74. The van der Waals surface area contributed by atoms with Gasteiger partial charge >= 0.3 is 0 Å². The molecule has 0 spiro atoms. The molecule has 0 aromatic carbocycles. The SMILES string of the molecule is Cc1csc(C(CCCC(C)C)NN)c1Cl. The molecule has 0 fully saturated rings. The van der Waals surface area contributed by atoms with E-state index in [9.17, 15) is 0 Å². The molecule has 0 aliphatic rings. The van der Waals surface area contributed by atoms with Gasteiger partial charge in [-0.2, -0.15) is 0 Å². The maximum Gasteiger partial charge on any atom is 0.0590 e. The van der Waals surface area contributed by atoms with E-state index in [2.05, 4.69) is 24.7 Å². The van der Waals surface area contributed by atoms with Gasteiger partial charge in [0.15, 0.2) is 0 Å². The Morgan fingerprint density at radius 2 is 2.12 bits per heavy atom. The Morgan fingerprint density at radius 1 is 1.44 bits per heavy atom.